The van der Waals surface area contributed by atoms with Crippen LogP contribution in [0, 0.1) is 5.92 Å². The Morgan fingerprint density at radius 2 is 1.70 bits per heavy atom. The molecule has 1 unspecified atom stereocenters. The number of ether oxygens (including phenoxy) is 1. The van der Waals surface area contributed by atoms with Crippen LogP contribution in [-0.4, -0.2) is 58.2 Å². The first kappa shape index (κ1) is 26.4. The zero-order valence-corrected chi connectivity index (χ0v) is 21.9. The number of nitrogens with one attached hydrogen (secondary N) is 2. The lowest BCUT2D eigenvalue weighted by Gasteiger charge is -2.23. The molecule has 0 fully saturated rings. The fourth-order valence-electron chi connectivity index (χ4n) is 4.16. The first-order chi connectivity index (χ1) is 17.9. The lowest BCUT2D eigenvalue weighted by molar-refractivity contribution is -0.124. The molecule has 1 atom stereocenters. The number of hydrogen-bond acceptors (Lipinski definition) is 6. The molecule has 0 spiro atoms. The maximum absolute atomic E-state index is 13.2. The third-order valence-electron chi connectivity index (χ3n) is 6.29. The molecular formula is C28H32N4O4S. The number of amidine groups is 1. The fraction of sp³-hybridized carbons (Fsp3) is 0.286. The predicted molar refractivity (Wildman–Crippen MR) is 145 cm³/mol. The van der Waals surface area contributed by atoms with Crippen LogP contribution in [0.15, 0.2) is 88.8 Å². The molecule has 4 rings (SSSR count). The summed E-state index contributed by atoms with van der Waals surface area (Å²) in [5.41, 5.74) is 2.12. The lowest BCUT2D eigenvalue weighted by atomic mass is 9.98. The molecule has 37 heavy (non-hydrogen) atoms. The molecule has 0 saturated carbocycles. The van der Waals surface area contributed by atoms with Gasteiger partial charge in [0.1, 0.15) is 17.3 Å². The molecule has 0 radical (unpaired) electrons. The molecule has 194 valence electrons. The molecule has 0 saturated heterocycles. The van der Waals surface area contributed by atoms with Gasteiger partial charge in [-0.1, -0.05) is 42.5 Å². The highest BCUT2D eigenvalue weighted by atomic mass is 32.2. The van der Waals surface area contributed by atoms with E-state index < -0.39 is 15.9 Å². The number of aryl methyl sites for hydroxylation is 1. The average molecular weight is 521 g/mol. The second-order valence-corrected chi connectivity index (χ2v) is 10.9. The van der Waals surface area contributed by atoms with Crippen molar-refractivity contribution in [2.45, 2.75) is 17.7 Å². The van der Waals surface area contributed by atoms with Crippen LogP contribution in [0.4, 0.5) is 0 Å². The molecule has 1 aliphatic heterocycles. The highest BCUT2D eigenvalue weighted by molar-refractivity contribution is 7.89. The zero-order valence-electron chi connectivity index (χ0n) is 21.1. The Balaban J connectivity index is 1.39. The summed E-state index contributed by atoms with van der Waals surface area (Å²) in [6.07, 6.45) is 1.17. The first-order valence-corrected chi connectivity index (χ1v) is 13.7. The number of carbonyl (C=O) groups is 1. The molecule has 0 aromatic heterocycles. The molecule has 1 amide bonds. The topological polar surface area (TPSA) is 100 Å². The molecule has 3 aromatic carbocycles. The molecule has 8 nitrogen and oxygen atoms in total. The standard InChI is InChI=1S/C28H32N4O4S/c1-29-28(33)23(13-10-21-8-11-22(12-9-21)27-30-18-19-31-27)20-32(2)37(34,35)26-16-14-25(15-17-26)36-24-6-4-3-5-7-24/h3-9,11-12,14-17,23H,10,13,18-20H2,1-2H3,(H,29,33)(H,30,31). The Bertz CT molecular complexity index is 1320. The lowest BCUT2D eigenvalue weighted by Crippen LogP contribution is -2.39. The van der Waals surface area contributed by atoms with Crippen molar-refractivity contribution in [3.8, 4) is 11.5 Å². The quantitative estimate of drug-likeness (QED) is 0.404. The molecule has 2 N–H and O–H groups in total. The van der Waals surface area contributed by atoms with Crippen molar-refractivity contribution in [1.82, 2.24) is 14.9 Å². The summed E-state index contributed by atoms with van der Waals surface area (Å²) in [6, 6.07) is 23.7. The van der Waals surface area contributed by atoms with E-state index in [1.165, 1.54) is 23.5 Å². The van der Waals surface area contributed by atoms with Crippen LogP contribution in [0.3, 0.4) is 0 Å². The van der Waals surface area contributed by atoms with Gasteiger partial charge < -0.3 is 15.4 Å². The minimum atomic E-state index is -3.79. The summed E-state index contributed by atoms with van der Waals surface area (Å²) in [6.45, 7) is 1.71. The fourth-order valence-corrected chi connectivity index (χ4v) is 5.38. The van der Waals surface area contributed by atoms with Crippen molar-refractivity contribution >= 4 is 21.8 Å². The van der Waals surface area contributed by atoms with Gasteiger partial charge in [0.2, 0.25) is 15.9 Å². The van der Waals surface area contributed by atoms with Crippen LogP contribution < -0.4 is 15.4 Å². The van der Waals surface area contributed by atoms with E-state index >= 15 is 0 Å². The van der Waals surface area contributed by atoms with Gasteiger partial charge in [-0.05, 0) is 54.8 Å². The van der Waals surface area contributed by atoms with E-state index in [0.29, 0.717) is 24.3 Å². The van der Waals surface area contributed by atoms with Gasteiger partial charge in [0.05, 0.1) is 17.4 Å². The van der Waals surface area contributed by atoms with E-state index in [2.05, 4.69) is 15.6 Å². The summed E-state index contributed by atoms with van der Waals surface area (Å²) in [5.74, 6) is 1.43. The number of nitrogens with zero attached hydrogens (tertiary/aromatic N) is 2. The second-order valence-electron chi connectivity index (χ2n) is 8.88. The highest BCUT2D eigenvalue weighted by Gasteiger charge is 2.27. The van der Waals surface area contributed by atoms with Gasteiger partial charge in [-0.15, -0.1) is 0 Å². The van der Waals surface area contributed by atoms with E-state index in [4.69, 9.17) is 4.74 Å². The normalized spacial score (nSPS) is 14.1. The van der Waals surface area contributed by atoms with Crippen molar-refractivity contribution < 1.29 is 17.9 Å². The third kappa shape index (κ3) is 6.75. The number of hydrogen-bond donors (Lipinski definition) is 2. The van der Waals surface area contributed by atoms with E-state index in [1.807, 2.05) is 54.6 Å². The van der Waals surface area contributed by atoms with Crippen molar-refractivity contribution in [2.75, 3.05) is 33.7 Å². The van der Waals surface area contributed by atoms with Crippen LogP contribution in [0.2, 0.25) is 0 Å². The summed E-state index contributed by atoms with van der Waals surface area (Å²) in [5, 5.41) is 5.93. The monoisotopic (exact) mass is 520 g/mol. The highest BCUT2D eigenvalue weighted by Crippen LogP contribution is 2.24. The van der Waals surface area contributed by atoms with Gasteiger partial charge in [0, 0.05) is 32.7 Å². The number of para-hydroxylation sites is 1. The smallest absolute Gasteiger partial charge is 0.242 e. The van der Waals surface area contributed by atoms with Crippen LogP contribution >= 0.6 is 0 Å². The number of benzene rings is 3. The van der Waals surface area contributed by atoms with Gasteiger partial charge in [0.25, 0.3) is 0 Å². The van der Waals surface area contributed by atoms with Crippen LogP contribution in [0.5, 0.6) is 11.5 Å². The predicted octanol–water partition coefficient (Wildman–Crippen LogP) is 3.44. The van der Waals surface area contributed by atoms with Gasteiger partial charge in [-0.2, -0.15) is 0 Å². The van der Waals surface area contributed by atoms with E-state index in [9.17, 15) is 13.2 Å². The van der Waals surface area contributed by atoms with E-state index in [1.54, 1.807) is 19.2 Å². The number of sulfonamides is 1. The number of rotatable bonds is 11. The summed E-state index contributed by atoms with van der Waals surface area (Å²) < 4.78 is 33.4. The second kappa shape index (κ2) is 12.0. The van der Waals surface area contributed by atoms with Gasteiger partial charge in [-0.25, -0.2) is 12.7 Å². The SMILES string of the molecule is CNC(=O)C(CCc1ccc(C2=NCCN2)cc1)CN(C)S(=O)(=O)c1ccc(Oc2ccccc2)cc1. The maximum Gasteiger partial charge on any atom is 0.242 e. The summed E-state index contributed by atoms with van der Waals surface area (Å²) >= 11 is 0. The van der Waals surface area contributed by atoms with Gasteiger partial charge in [-0.3, -0.25) is 9.79 Å². The molecule has 1 heterocycles. The Kier molecular flexibility index (Phi) is 8.58. The maximum atomic E-state index is 13.2. The molecule has 0 aliphatic carbocycles. The third-order valence-corrected chi connectivity index (χ3v) is 8.13. The zero-order chi connectivity index (χ0) is 26.3. The Hall–Kier alpha value is -3.69. The Labute approximate surface area is 218 Å². The van der Waals surface area contributed by atoms with Crippen LogP contribution in [-0.2, 0) is 21.2 Å². The molecule has 1 aliphatic rings. The summed E-state index contributed by atoms with van der Waals surface area (Å²) in [4.78, 5) is 17.2. The van der Waals surface area contributed by atoms with Gasteiger partial charge >= 0.3 is 0 Å². The number of aliphatic imine (C=N–C) groups is 1. The Morgan fingerprint density at radius 3 is 2.32 bits per heavy atom. The van der Waals surface area contributed by atoms with Crippen molar-refractivity contribution in [2.24, 2.45) is 10.9 Å². The van der Waals surface area contributed by atoms with E-state index in [-0.39, 0.29) is 17.3 Å². The van der Waals surface area contributed by atoms with Crippen molar-refractivity contribution in [1.29, 1.82) is 0 Å². The minimum Gasteiger partial charge on any atom is -0.457 e. The average Bonchev–Trinajstić information content (AvgIpc) is 3.47. The molecular weight excluding hydrogens is 488 g/mol. The molecule has 3 aromatic rings. The minimum absolute atomic E-state index is 0.0725. The van der Waals surface area contributed by atoms with Crippen molar-refractivity contribution in [3.63, 3.8) is 0 Å². The molecule has 9 heteroatoms. The van der Waals surface area contributed by atoms with E-state index in [0.717, 1.165) is 30.1 Å². The summed E-state index contributed by atoms with van der Waals surface area (Å²) in [7, 11) is -0.713. The first-order valence-electron chi connectivity index (χ1n) is 12.3. The van der Waals surface area contributed by atoms with Crippen molar-refractivity contribution in [3.05, 3.63) is 90.0 Å². The largest absolute Gasteiger partial charge is 0.457 e. The molecule has 0 bridgehead atoms. The van der Waals surface area contributed by atoms with Gasteiger partial charge in [0.15, 0.2) is 0 Å². The van der Waals surface area contributed by atoms with Crippen LogP contribution in [0.1, 0.15) is 17.5 Å². The number of amides is 1. The Morgan fingerprint density at radius 1 is 1.03 bits per heavy atom. The number of carbonyl (C=O) groups excluding carboxylic acids is 1. The van der Waals surface area contributed by atoms with Crippen LogP contribution in [0.25, 0.3) is 0 Å².